The largest absolute Gasteiger partial charge is 0.396 e. The lowest BCUT2D eigenvalue weighted by Crippen LogP contribution is -2.48. The van der Waals surface area contributed by atoms with Gasteiger partial charge >= 0.3 is 0 Å². The summed E-state index contributed by atoms with van der Waals surface area (Å²) in [4.78, 5) is 13.9. The molecule has 1 fully saturated rings. The number of nitrogens with zero attached hydrogens (tertiary/aromatic N) is 1. The van der Waals surface area contributed by atoms with E-state index < -0.39 is 0 Å². The van der Waals surface area contributed by atoms with Gasteiger partial charge in [-0.2, -0.15) is 0 Å². The molecule has 1 aliphatic heterocycles. The number of hydrogen-bond acceptors (Lipinski definition) is 3. The minimum atomic E-state index is -0.0229. The molecular formula is C15H30N2O2. The van der Waals surface area contributed by atoms with E-state index in [1.54, 1.807) is 0 Å². The fraction of sp³-hybridized carbons (Fsp3) is 0.933. The van der Waals surface area contributed by atoms with Gasteiger partial charge in [0.25, 0.3) is 0 Å². The van der Waals surface area contributed by atoms with Crippen molar-refractivity contribution >= 4 is 5.91 Å². The summed E-state index contributed by atoms with van der Waals surface area (Å²) in [5.74, 6) is 0.370. The first-order chi connectivity index (χ1) is 8.91. The fourth-order valence-corrected chi connectivity index (χ4v) is 2.35. The monoisotopic (exact) mass is 270 g/mol. The van der Waals surface area contributed by atoms with Crippen LogP contribution in [0.25, 0.3) is 0 Å². The van der Waals surface area contributed by atoms with Crippen LogP contribution in [0.3, 0.4) is 0 Å². The van der Waals surface area contributed by atoms with E-state index in [-0.39, 0.29) is 23.8 Å². The van der Waals surface area contributed by atoms with Crippen molar-refractivity contribution in [2.75, 3.05) is 26.2 Å². The highest BCUT2D eigenvalue weighted by molar-refractivity contribution is 5.78. The first-order valence-electron chi connectivity index (χ1n) is 7.55. The van der Waals surface area contributed by atoms with E-state index in [2.05, 4.69) is 19.2 Å². The molecule has 0 aromatic heterocycles. The van der Waals surface area contributed by atoms with Gasteiger partial charge in [0.1, 0.15) is 0 Å². The SMILES string of the molecule is CCC(C)(CO)CNC1CCN(C(=O)C(C)C)CC1. The summed E-state index contributed by atoms with van der Waals surface area (Å²) in [6, 6.07) is 0.480. The van der Waals surface area contributed by atoms with Crippen LogP contribution in [0.2, 0.25) is 0 Å². The summed E-state index contributed by atoms with van der Waals surface area (Å²) in [5.41, 5.74) is -0.0229. The molecule has 2 N–H and O–H groups in total. The number of hydrogen-bond donors (Lipinski definition) is 2. The van der Waals surface area contributed by atoms with Crippen LogP contribution in [0.5, 0.6) is 0 Å². The molecule has 1 atom stereocenters. The first kappa shape index (κ1) is 16.4. The number of aliphatic hydroxyl groups excluding tert-OH is 1. The number of likely N-dealkylation sites (tertiary alicyclic amines) is 1. The Morgan fingerprint density at radius 3 is 2.42 bits per heavy atom. The van der Waals surface area contributed by atoms with Gasteiger partial charge in [0.05, 0.1) is 0 Å². The lowest BCUT2D eigenvalue weighted by molar-refractivity contribution is -0.135. The summed E-state index contributed by atoms with van der Waals surface area (Å²) in [5, 5.41) is 13.0. The maximum absolute atomic E-state index is 11.9. The maximum Gasteiger partial charge on any atom is 0.225 e. The first-order valence-corrected chi connectivity index (χ1v) is 7.55. The van der Waals surface area contributed by atoms with E-state index in [9.17, 15) is 9.90 Å². The molecule has 4 nitrogen and oxygen atoms in total. The molecule has 0 spiro atoms. The van der Waals surface area contributed by atoms with Crippen LogP contribution in [0.1, 0.15) is 47.0 Å². The lowest BCUT2D eigenvalue weighted by Gasteiger charge is -2.35. The molecule has 0 radical (unpaired) electrons. The molecule has 1 rings (SSSR count). The maximum atomic E-state index is 11.9. The van der Waals surface area contributed by atoms with Crippen molar-refractivity contribution in [3.8, 4) is 0 Å². The Morgan fingerprint density at radius 2 is 2.00 bits per heavy atom. The van der Waals surface area contributed by atoms with Crippen molar-refractivity contribution in [2.45, 2.75) is 53.0 Å². The molecule has 1 saturated heterocycles. The van der Waals surface area contributed by atoms with Crippen molar-refractivity contribution in [3.05, 3.63) is 0 Å². The van der Waals surface area contributed by atoms with Crippen LogP contribution in [0.15, 0.2) is 0 Å². The Morgan fingerprint density at radius 1 is 1.42 bits per heavy atom. The van der Waals surface area contributed by atoms with E-state index in [0.717, 1.165) is 38.9 Å². The van der Waals surface area contributed by atoms with Crippen molar-refractivity contribution in [3.63, 3.8) is 0 Å². The van der Waals surface area contributed by atoms with Crippen molar-refractivity contribution in [2.24, 2.45) is 11.3 Å². The molecule has 1 amide bonds. The average molecular weight is 270 g/mol. The molecule has 1 aliphatic rings. The molecule has 19 heavy (non-hydrogen) atoms. The number of carbonyl (C=O) groups excluding carboxylic acids is 1. The Labute approximate surface area is 117 Å². The van der Waals surface area contributed by atoms with Crippen molar-refractivity contribution in [1.29, 1.82) is 0 Å². The molecule has 4 heteroatoms. The van der Waals surface area contributed by atoms with Gasteiger partial charge in [0.15, 0.2) is 0 Å². The van der Waals surface area contributed by atoms with Crippen molar-refractivity contribution in [1.82, 2.24) is 10.2 Å². The standard InChI is InChI=1S/C15H30N2O2/c1-5-15(4,11-18)10-16-13-6-8-17(9-7-13)14(19)12(2)3/h12-13,16,18H,5-11H2,1-4H3. The second-order valence-corrected chi connectivity index (χ2v) is 6.46. The molecular weight excluding hydrogens is 240 g/mol. The van der Waals surface area contributed by atoms with Gasteiger partial charge in [-0.3, -0.25) is 4.79 Å². The smallest absolute Gasteiger partial charge is 0.225 e. The summed E-state index contributed by atoms with van der Waals surface area (Å²) < 4.78 is 0. The Kier molecular flexibility index (Phi) is 6.27. The minimum absolute atomic E-state index is 0.0229. The summed E-state index contributed by atoms with van der Waals surface area (Å²) in [7, 11) is 0. The molecule has 112 valence electrons. The normalized spacial score (nSPS) is 20.6. The van der Waals surface area contributed by atoms with Gasteiger partial charge in [0, 0.05) is 43.6 Å². The molecule has 0 saturated carbocycles. The predicted octanol–water partition coefficient (Wildman–Crippen LogP) is 1.63. The number of piperidine rings is 1. The van der Waals surface area contributed by atoms with Crippen LogP contribution < -0.4 is 5.32 Å². The molecule has 0 aromatic carbocycles. The topological polar surface area (TPSA) is 52.6 Å². The van der Waals surface area contributed by atoms with Crippen LogP contribution >= 0.6 is 0 Å². The Hall–Kier alpha value is -0.610. The van der Waals surface area contributed by atoms with Crippen LogP contribution in [-0.4, -0.2) is 48.2 Å². The van der Waals surface area contributed by atoms with Crippen LogP contribution in [0, 0.1) is 11.3 Å². The molecule has 1 heterocycles. The van der Waals surface area contributed by atoms with E-state index in [1.807, 2.05) is 18.7 Å². The number of carbonyl (C=O) groups is 1. The number of aliphatic hydroxyl groups is 1. The van der Waals surface area contributed by atoms with E-state index in [4.69, 9.17) is 0 Å². The third-order valence-electron chi connectivity index (χ3n) is 4.35. The van der Waals surface area contributed by atoms with E-state index >= 15 is 0 Å². The third kappa shape index (κ3) is 4.77. The van der Waals surface area contributed by atoms with Gasteiger partial charge in [-0.05, 0) is 19.3 Å². The second-order valence-electron chi connectivity index (χ2n) is 6.46. The van der Waals surface area contributed by atoms with E-state index in [1.165, 1.54) is 0 Å². The lowest BCUT2D eigenvalue weighted by atomic mass is 9.88. The highest BCUT2D eigenvalue weighted by atomic mass is 16.3. The number of amides is 1. The molecule has 0 bridgehead atoms. The van der Waals surface area contributed by atoms with Crippen LogP contribution in [-0.2, 0) is 4.79 Å². The van der Waals surface area contributed by atoms with Crippen LogP contribution in [0.4, 0.5) is 0 Å². The summed E-state index contributed by atoms with van der Waals surface area (Å²) in [6.07, 6.45) is 3.01. The predicted molar refractivity (Wildman–Crippen MR) is 77.9 cm³/mol. The Bertz CT molecular complexity index is 280. The minimum Gasteiger partial charge on any atom is -0.396 e. The van der Waals surface area contributed by atoms with Gasteiger partial charge in [-0.15, -0.1) is 0 Å². The third-order valence-corrected chi connectivity index (χ3v) is 4.35. The highest BCUT2D eigenvalue weighted by Gasteiger charge is 2.26. The van der Waals surface area contributed by atoms with Gasteiger partial charge < -0.3 is 15.3 Å². The van der Waals surface area contributed by atoms with Gasteiger partial charge in [-0.25, -0.2) is 0 Å². The highest BCUT2D eigenvalue weighted by Crippen LogP contribution is 2.20. The zero-order chi connectivity index (χ0) is 14.5. The quantitative estimate of drug-likeness (QED) is 0.771. The van der Waals surface area contributed by atoms with Crippen molar-refractivity contribution < 1.29 is 9.90 Å². The van der Waals surface area contributed by atoms with E-state index in [0.29, 0.717) is 6.04 Å². The number of rotatable bonds is 6. The molecule has 1 unspecified atom stereocenters. The Balaban J connectivity index is 2.33. The zero-order valence-corrected chi connectivity index (χ0v) is 12.9. The second kappa shape index (κ2) is 7.25. The molecule has 0 aliphatic carbocycles. The summed E-state index contributed by atoms with van der Waals surface area (Å²) >= 11 is 0. The number of nitrogens with one attached hydrogen (secondary N) is 1. The van der Waals surface area contributed by atoms with Gasteiger partial charge in [-0.1, -0.05) is 27.7 Å². The van der Waals surface area contributed by atoms with Gasteiger partial charge in [0.2, 0.25) is 5.91 Å². The zero-order valence-electron chi connectivity index (χ0n) is 12.9. The fourth-order valence-electron chi connectivity index (χ4n) is 2.35. The average Bonchev–Trinajstić information content (AvgIpc) is 2.44. The molecule has 0 aromatic rings. The summed E-state index contributed by atoms with van der Waals surface area (Å²) in [6.45, 7) is 10.9.